The highest BCUT2D eigenvalue weighted by atomic mass is 16.6. The number of carbonyl (C=O) groups is 3. The molecule has 9 nitrogen and oxygen atoms in total. The van der Waals surface area contributed by atoms with Gasteiger partial charge < -0.3 is 15.3 Å². The Bertz CT molecular complexity index is 924. The van der Waals surface area contributed by atoms with Gasteiger partial charge in [-0.05, 0) is 49.2 Å². The highest BCUT2D eigenvalue weighted by Crippen LogP contribution is 2.23. The summed E-state index contributed by atoms with van der Waals surface area (Å²) in [6.45, 7) is 0.409. The molecule has 1 aliphatic heterocycles. The number of likely N-dealkylation sites (tertiary alicyclic amines) is 1. The summed E-state index contributed by atoms with van der Waals surface area (Å²) < 4.78 is 0. The van der Waals surface area contributed by atoms with Gasteiger partial charge in [-0.3, -0.25) is 19.7 Å². The molecular formula is C19H17N3O6. The maximum atomic E-state index is 12.7. The van der Waals surface area contributed by atoms with E-state index in [1.54, 1.807) is 0 Å². The number of rotatable bonds is 5. The third-order valence-electron chi connectivity index (χ3n) is 4.54. The highest BCUT2D eigenvalue weighted by Gasteiger charge is 2.34. The van der Waals surface area contributed by atoms with Gasteiger partial charge in [-0.15, -0.1) is 0 Å². The predicted molar refractivity (Wildman–Crippen MR) is 99.2 cm³/mol. The quantitative estimate of drug-likeness (QED) is 0.603. The lowest BCUT2D eigenvalue weighted by Crippen LogP contribution is -2.43. The van der Waals surface area contributed by atoms with Crippen LogP contribution in [-0.4, -0.2) is 45.3 Å². The van der Waals surface area contributed by atoms with Crippen molar-refractivity contribution in [3.8, 4) is 0 Å². The predicted octanol–water partition coefficient (Wildman–Crippen LogP) is 2.54. The van der Waals surface area contributed by atoms with Gasteiger partial charge in [0.2, 0.25) is 5.91 Å². The van der Waals surface area contributed by atoms with E-state index < -0.39 is 16.9 Å². The van der Waals surface area contributed by atoms with E-state index in [9.17, 15) is 24.5 Å². The van der Waals surface area contributed by atoms with Crippen LogP contribution >= 0.6 is 0 Å². The number of carboxylic acids is 1. The van der Waals surface area contributed by atoms with Gasteiger partial charge in [-0.1, -0.05) is 0 Å². The molecule has 2 aromatic carbocycles. The summed E-state index contributed by atoms with van der Waals surface area (Å²) in [5, 5.41) is 22.3. The molecule has 0 radical (unpaired) electrons. The zero-order chi connectivity index (χ0) is 20.3. The van der Waals surface area contributed by atoms with Crippen LogP contribution in [0.4, 0.5) is 11.4 Å². The van der Waals surface area contributed by atoms with Crippen molar-refractivity contribution in [1.82, 2.24) is 4.90 Å². The third-order valence-corrected chi connectivity index (χ3v) is 4.54. The molecule has 2 amide bonds. The van der Waals surface area contributed by atoms with Gasteiger partial charge in [0.15, 0.2) is 0 Å². The lowest BCUT2D eigenvalue weighted by Gasteiger charge is -2.24. The Labute approximate surface area is 159 Å². The summed E-state index contributed by atoms with van der Waals surface area (Å²) in [5.41, 5.74) is 0.701. The maximum absolute atomic E-state index is 12.7. The number of nitro groups is 1. The molecule has 1 aliphatic rings. The lowest BCUT2D eigenvalue weighted by atomic mass is 10.1. The second kappa shape index (κ2) is 7.87. The summed E-state index contributed by atoms with van der Waals surface area (Å²) in [4.78, 5) is 47.9. The van der Waals surface area contributed by atoms with Crippen molar-refractivity contribution in [2.45, 2.75) is 18.9 Å². The van der Waals surface area contributed by atoms with Gasteiger partial charge in [0.1, 0.15) is 6.04 Å². The molecule has 0 aromatic heterocycles. The average Bonchev–Trinajstić information content (AvgIpc) is 3.18. The highest BCUT2D eigenvalue weighted by molar-refractivity contribution is 6.01. The van der Waals surface area contributed by atoms with Crippen LogP contribution in [0.15, 0.2) is 48.5 Å². The number of anilines is 1. The second-order valence-corrected chi connectivity index (χ2v) is 6.33. The Morgan fingerprint density at radius 3 is 2.21 bits per heavy atom. The van der Waals surface area contributed by atoms with Gasteiger partial charge in [-0.25, -0.2) is 4.79 Å². The van der Waals surface area contributed by atoms with E-state index >= 15 is 0 Å². The van der Waals surface area contributed by atoms with Crippen LogP contribution in [0.3, 0.4) is 0 Å². The first-order valence-electron chi connectivity index (χ1n) is 8.56. The average molecular weight is 383 g/mol. The fourth-order valence-electron chi connectivity index (χ4n) is 3.10. The number of hydrogen-bond acceptors (Lipinski definition) is 5. The molecule has 0 bridgehead atoms. The normalized spacial score (nSPS) is 15.9. The van der Waals surface area contributed by atoms with Crippen molar-refractivity contribution in [2.24, 2.45) is 0 Å². The van der Waals surface area contributed by atoms with E-state index in [0.29, 0.717) is 25.1 Å². The van der Waals surface area contributed by atoms with Crippen LogP contribution in [-0.2, 0) is 4.79 Å². The zero-order valence-electron chi connectivity index (χ0n) is 14.7. The van der Waals surface area contributed by atoms with Gasteiger partial charge in [-0.2, -0.15) is 0 Å². The summed E-state index contributed by atoms with van der Waals surface area (Å²) in [5.74, 6) is -1.79. The van der Waals surface area contributed by atoms with Gasteiger partial charge in [0.25, 0.3) is 11.6 Å². The summed E-state index contributed by atoms with van der Waals surface area (Å²) in [7, 11) is 0. The molecule has 9 heteroatoms. The smallest absolute Gasteiger partial charge is 0.335 e. The molecule has 0 spiro atoms. The fraction of sp³-hybridized carbons (Fsp3) is 0.211. The van der Waals surface area contributed by atoms with E-state index in [-0.39, 0.29) is 28.6 Å². The molecule has 0 saturated carbocycles. The molecule has 1 saturated heterocycles. The molecule has 1 heterocycles. The van der Waals surface area contributed by atoms with Gasteiger partial charge >= 0.3 is 5.97 Å². The standard InChI is InChI=1S/C19H17N3O6/c23-17(20-14-7-3-13(4-8-14)19(25)26)16-2-1-11-21(16)18(24)12-5-9-15(10-6-12)22(27)28/h3-10,16H,1-2,11H2,(H,20,23)(H,25,26)/t16-/m0/s1. The molecule has 2 N–H and O–H groups in total. The lowest BCUT2D eigenvalue weighted by molar-refractivity contribution is -0.384. The monoisotopic (exact) mass is 383 g/mol. The molecule has 1 fully saturated rings. The van der Waals surface area contributed by atoms with E-state index in [0.717, 1.165) is 0 Å². The number of amides is 2. The van der Waals surface area contributed by atoms with Crippen molar-refractivity contribution >= 4 is 29.2 Å². The summed E-state index contributed by atoms with van der Waals surface area (Å²) in [6.07, 6.45) is 1.16. The number of non-ortho nitro benzene ring substituents is 1. The van der Waals surface area contributed by atoms with Crippen LogP contribution in [0.2, 0.25) is 0 Å². The largest absolute Gasteiger partial charge is 0.478 e. The van der Waals surface area contributed by atoms with Crippen molar-refractivity contribution < 1.29 is 24.4 Å². The number of hydrogen-bond donors (Lipinski definition) is 2. The molecule has 0 aliphatic carbocycles. The van der Waals surface area contributed by atoms with Crippen molar-refractivity contribution in [3.05, 3.63) is 69.8 Å². The van der Waals surface area contributed by atoms with Crippen LogP contribution < -0.4 is 5.32 Å². The molecule has 28 heavy (non-hydrogen) atoms. The van der Waals surface area contributed by atoms with Crippen LogP contribution in [0.5, 0.6) is 0 Å². The minimum Gasteiger partial charge on any atom is -0.478 e. The first-order valence-corrected chi connectivity index (χ1v) is 8.56. The number of benzene rings is 2. The molecular weight excluding hydrogens is 366 g/mol. The topological polar surface area (TPSA) is 130 Å². The minimum absolute atomic E-state index is 0.105. The molecule has 144 valence electrons. The summed E-state index contributed by atoms with van der Waals surface area (Å²) >= 11 is 0. The van der Waals surface area contributed by atoms with E-state index in [1.165, 1.54) is 53.4 Å². The van der Waals surface area contributed by atoms with E-state index in [1.807, 2.05) is 0 Å². The van der Waals surface area contributed by atoms with Crippen molar-refractivity contribution in [2.75, 3.05) is 11.9 Å². The van der Waals surface area contributed by atoms with E-state index in [4.69, 9.17) is 5.11 Å². The van der Waals surface area contributed by atoms with Crippen LogP contribution in [0.1, 0.15) is 33.6 Å². The first-order chi connectivity index (χ1) is 13.4. The number of carbonyl (C=O) groups excluding carboxylic acids is 2. The molecule has 1 atom stereocenters. The number of nitrogens with one attached hydrogen (secondary N) is 1. The molecule has 0 unspecified atom stereocenters. The second-order valence-electron chi connectivity index (χ2n) is 6.33. The summed E-state index contributed by atoms with van der Waals surface area (Å²) in [6, 6.07) is 10.3. The first kappa shape index (κ1) is 19.0. The van der Waals surface area contributed by atoms with Gasteiger partial charge in [0.05, 0.1) is 10.5 Å². The van der Waals surface area contributed by atoms with Crippen molar-refractivity contribution in [3.63, 3.8) is 0 Å². The fourth-order valence-corrected chi connectivity index (χ4v) is 3.10. The minimum atomic E-state index is -1.06. The molecule has 2 aromatic rings. The number of nitrogens with zero attached hydrogens (tertiary/aromatic N) is 2. The Hall–Kier alpha value is -3.75. The number of aromatic carboxylic acids is 1. The Balaban J connectivity index is 1.70. The van der Waals surface area contributed by atoms with Crippen molar-refractivity contribution in [1.29, 1.82) is 0 Å². The Kier molecular flexibility index (Phi) is 5.35. The molecule has 3 rings (SSSR count). The van der Waals surface area contributed by atoms with Gasteiger partial charge in [0, 0.05) is 29.9 Å². The number of carboxylic acid groups (broad SMARTS) is 1. The van der Waals surface area contributed by atoms with Crippen LogP contribution in [0.25, 0.3) is 0 Å². The maximum Gasteiger partial charge on any atom is 0.335 e. The zero-order valence-corrected chi connectivity index (χ0v) is 14.7. The Morgan fingerprint density at radius 2 is 1.64 bits per heavy atom. The Morgan fingerprint density at radius 1 is 1.04 bits per heavy atom. The van der Waals surface area contributed by atoms with Crippen LogP contribution in [0, 0.1) is 10.1 Å². The third kappa shape index (κ3) is 3.98. The van der Waals surface area contributed by atoms with E-state index in [2.05, 4.69) is 5.32 Å². The number of nitro benzene ring substituents is 1. The SMILES string of the molecule is O=C(O)c1ccc(NC(=O)[C@@H]2CCCN2C(=O)c2ccc([N+](=O)[O-])cc2)cc1.